The zero-order chi connectivity index (χ0) is 11.4. The van der Waals surface area contributed by atoms with Crippen molar-refractivity contribution in [2.24, 2.45) is 0 Å². The van der Waals surface area contributed by atoms with Crippen LogP contribution in [0.25, 0.3) is 0 Å². The number of carbonyl (C=O) groups excluding carboxylic acids is 1. The molecule has 0 atom stereocenters. The van der Waals surface area contributed by atoms with E-state index in [1.165, 1.54) is 37.1 Å². The number of rotatable bonds is 4. The number of Topliss-reactive ketones (excluding diaryl/α,β-unsaturated/α-hetero) is 1. The maximum Gasteiger partial charge on any atom is 0.130 e. The van der Waals surface area contributed by atoms with Crippen molar-refractivity contribution in [2.75, 3.05) is 0 Å². The molecule has 88 valence electrons. The van der Waals surface area contributed by atoms with E-state index in [0.29, 0.717) is 12.3 Å². The summed E-state index contributed by atoms with van der Waals surface area (Å²) < 4.78 is 0. The topological polar surface area (TPSA) is 30.0 Å². The largest absolute Gasteiger partial charge is 0.300 e. The van der Waals surface area contributed by atoms with Crippen molar-refractivity contribution in [3.8, 4) is 0 Å². The third kappa shape index (κ3) is 3.14. The lowest BCUT2D eigenvalue weighted by Crippen LogP contribution is -2.04. The van der Waals surface area contributed by atoms with E-state index in [2.05, 4.69) is 10.4 Å². The standard InChI is InChI=1S/C13H19NOS/c1-10(15)7-8-12-9-16-13(14-12)11-5-3-2-4-6-11/h9,11H,2-8H2,1H3. The van der Waals surface area contributed by atoms with Crippen molar-refractivity contribution in [3.63, 3.8) is 0 Å². The molecule has 0 unspecified atom stereocenters. The Hall–Kier alpha value is -0.700. The average Bonchev–Trinajstić information content (AvgIpc) is 2.76. The van der Waals surface area contributed by atoms with Crippen LogP contribution >= 0.6 is 11.3 Å². The van der Waals surface area contributed by atoms with Crippen LogP contribution in [0, 0.1) is 0 Å². The number of carbonyl (C=O) groups is 1. The maximum atomic E-state index is 10.9. The molecule has 2 nitrogen and oxygen atoms in total. The minimum Gasteiger partial charge on any atom is -0.300 e. The van der Waals surface area contributed by atoms with E-state index in [1.54, 1.807) is 18.3 Å². The number of aromatic nitrogens is 1. The first-order valence-corrected chi connectivity index (χ1v) is 7.07. The van der Waals surface area contributed by atoms with Gasteiger partial charge in [-0.3, -0.25) is 0 Å². The molecule has 0 amide bonds. The number of hydrogen-bond acceptors (Lipinski definition) is 3. The number of thiazole rings is 1. The van der Waals surface area contributed by atoms with Gasteiger partial charge in [-0.1, -0.05) is 19.3 Å². The summed E-state index contributed by atoms with van der Waals surface area (Å²) in [7, 11) is 0. The predicted molar refractivity (Wildman–Crippen MR) is 66.9 cm³/mol. The first-order valence-electron chi connectivity index (χ1n) is 6.19. The monoisotopic (exact) mass is 237 g/mol. The molecule has 0 radical (unpaired) electrons. The normalized spacial score (nSPS) is 17.6. The fourth-order valence-corrected chi connectivity index (χ4v) is 3.30. The van der Waals surface area contributed by atoms with Crippen LogP contribution < -0.4 is 0 Å². The molecule has 1 aromatic heterocycles. The molecule has 16 heavy (non-hydrogen) atoms. The Balaban J connectivity index is 1.93. The van der Waals surface area contributed by atoms with Crippen LogP contribution in [0.3, 0.4) is 0 Å². The van der Waals surface area contributed by atoms with Crippen molar-refractivity contribution in [1.82, 2.24) is 4.98 Å². The predicted octanol–water partition coefficient (Wildman–Crippen LogP) is 3.71. The summed E-state index contributed by atoms with van der Waals surface area (Å²) in [6.07, 6.45) is 8.16. The lowest BCUT2D eigenvalue weighted by atomic mass is 9.90. The smallest absolute Gasteiger partial charge is 0.130 e. The van der Waals surface area contributed by atoms with Gasteiger partial charge >= 0.3 is 0 Å². The summed E-state index contributed by atoms with van der Waals surface area (Å²) in [5.74, 6) is 0.956. The Morgan fingerprint density at radius 2 is 2.19 bits per heavy atom. The molecule has 1 aromatic rings. The summed E-state index contributed by atoms with van der Waals surface area (Å²) >= 11 is 1.79. The highest BCUT2D eigenvalue weighted by atomic mass is 32.1. The van der Waals surface area contributed by atoms with Crippen LogP contribution in [0.5, 0.6) is 0 Å². The number of hydrogen-bond donors (Lipinski definition) is 0. The molecular weight excluding hydrogens is 218 g/mol. The van der Waals surface area contributed by atoms with Gasteiger partial charge in [-0.2, -0.15) is 0 Å². The van der Waals surface area contributed by atoms with Gasteiger partial charge in [0.05, 0.1) is 10.7 Å². The lowest BCUT2D eigenvalue weighted by Gasteiger charge is -2.18. The second-order valence-corrected chi connectivity index (χ2v) is 5.60. The first-order chi connectivity index (χ1) is 7.75. The van der Waals surface area contributed by atoms with Gasteiger partial charge in [0.25, 0.3) is 0 Å². The van der Waals surface area contributed by atoms with Crippen LogP contribution in [0.1, 0.15) is 62.1 Å². The van der Waals surface area contributed by atoms with Gasteiger partial charge in [-0.15, -0.1) is 11.3 Å². The van der Waals surface area contributed by atoms with E-state index in [1.807, 2.05) is 0 Å². The number of aryl methyl sites for hydroxylation is 1. The van der Waals surface area contributed by atoms with Crippen LogP contribution in [0.15, 0.2) is 5.38 Å². The van der Waals surface area contributed by atoms with Gasteiger partial charge in [0.2, 0.25) is 0 Å². The highest BCUT2D eigenvalue weighted by Gasteiger charge is 2.18. The van der Waals surface area contributed by atoms with E-state index in [-0.39, 0.29) is 5.78 Å². The SMILES string of the molecule is CC(=O)CCc1csc(C2CCCCC2)n1. The first kappa shape index (κ1) is 11.8. The highest BCUT2D eigenvalue weighted by molar-refractivity contribution is 7.09. The second-order valence-electron chi connectivity index (χ2n) is 4.71. The maximum absolute atomic E-state index is 10.9. The molecule has 0 aliphatic heterocycles. The molecule has 1 fully saturated rings. The fraction of sp³-hybridized carbons (Fsp3) is 0.692. The molecule has 3 heteroatoms. The molecule has 1 aliphatic rings. The van der Waals surface area contributed by atoms with Gasteiger partial charge in [-0.05, 0) is 26.2 Å². The van der Waals surface area contributed by atoms with Crippen molar-refractivity contribution >= 4 is 17.1 Å². The Kier molecular flexibility index (Phi) is 4.10. The zero-order valence-electron chi connectivity index (χ0n) is 9.87. The Bertz CT molecular complexity index is 353. The minimum absolute atomic E-state index is 0.257. The summed E-state index contributed by atoms with van der Waals surface area (Å²) in [6.45, 7) is 1.65. The van der Waals surface area contributed by atoms with Gasteiger partial charge in [-0.25, -0.2) is 4.98 Å². The van der Waals surface area contributed by atoms with Crippen LogP contribution in [0.4, 0.5) is 0 Å². The van der Waals surface area contributed by atoms with E-state index >= 15 is 0 Å². The van der Waals surface area contributed by atoms with Gasteiger partial charge < -0.3 is 4.79 Å². The molecular formula is C13H19NOS. The molecule has 0 aromatic carbocycles. The summed E-state index contributed by atoms with van der Waals surface area (Å²) in [5, 5.41) is 3.44. The molecule has 2 rings (SSSR count). The van der Waals surface area contributed by atoms with Gasteiger partial charge in [0, 0.05) is 17.7 Å². The van der Waals surface area contributed by atoms with E-state index < -0.39 is 0 Å². The third-order valence-electron chi connectivity index (χ3n) is 3.26. The quantitative estimate of drug-likeness (QED) is 0.799. The molecule has 1 saturated carbocycles. The van der Waals surface area contributed by atoms with Crippen molar-refractivity contribution in [2.45, 2.75) is 57.8 Å². The average molecular weight is 237 g/mol. The molecule has 0 N–H and O–H groups in total. The second kappa shape index (κ2) is 5.58. The summed E-state index contributed by atoms with van der Waals surface area (Å²) in [6, 6.07) is 0. The van der Waals surface area contributed by atoms with Crippen molar-refractivity contribution < 1.29 is 4.79 Å². The lowest BCUT2D eigenvalue weighted by molar-refractivity contribution is -0.116. The molecule has 0 bridgehead atoms. The zero-order valence-corrected chi connectivity index (χ0v) is 10.7. The summed E-state index contributed by atoms with van der Waals surface area (Å²) in [5.41, 5.74) is 1.11. The molecule has 1 heterocycles. The molecule has 0 spiro atoms. The van der Waals surface area contributed by atoms with Crippen LogP contribution in [0.2, 0.25) is 0 Å². The van der Waals surface area contributed by atoms with Gasteiger partial charge in [0.1, 0.15) is 5.78 Å². The Morgan fingerprint density at radius 1 is 1.44 bits per heavy atom. The molecule has 1 aliphatic carbocycles. The third-order valence-corrected chi connectivity index (χ3v) is 4.31. The Labute approximate surface area is 101 Å². The van der Waals surface area contributed by atoms with E-state index in [9.17, 15) is 4.79 Å². The minimum atomic E-state index is 0.257. The van der Waals surface area contributed by atoms with Crippen molar-refractivity contribution in [1.29, 1.82) is 0 Å². The van der Waals surface area contributed by atoms with Crippen molar-refractivity contribution in [3.05, 3.63) is 16.1 Å². The van der Waals surface area contributed by atoms with E-state index in [4.69, 9.17) is 0 Å². The van der Waals surface area contributed by atoms with Crippen LogP contribution in [-0.2, 0) is 11.2 Å². The van der Waals surface area contributed by atoms with E-state index in [0.717, 1.165) is 12.1 Å². The van der Waals surface area contributed by atoms with Gasteiger partial charge in [0.15, 0.2) is 0 Å². The fourth-order valence-electron chi connectivity index (χ4n) is 2.28. The molecule has 0 saturated heterocycles. The number of nitrogens with zero attached hydrogens (tertiary/aromatic N) is 1. The summed E-state index contributed by atoms with van der Waals surface area (Å²) in [4.78, 5) is 15.6. The highest BCUT2D eigenvalue weighted by Crippen LogP contribution is 2.34. The number of ketones is 1. The Morgan fingerprint density at radius 3 is 2.88 bits per heavy atom. The van der Waals surface area contributed by atoms with Crippen LogP contribution in [-0.4, -0.2) is 10.8 Å².